The molecule has 7 nitrogen and oxygen atoms in total. The van der Waals surface area contributed by atoms with E-state index < -0.39 is 34.0 Å². The number of benzene rings is 3. The van der Waals surface area contributed by atoms with Crippen molar-refractivity contribution < 1.29 is 22.5 Å². The molecule has 46 heavy (non-hydrogen) atoms. The topological polar surface area (TPSA) is 86.5 Å². The van der Waals surface area contributed by atoms with Crippen molar-refractivity contribution in [3.63, 3.8) is 0 Å². The van der Waals surface area contributed by atoms with Gasteiger partial charge in [0.15, 0.2) is 11.6 Å². The van der Waals surface area contributed by atoms with Gasteiger partial charge >= 0.3 is 0 Å². The quantitative estimate of drug-likeness (QED) is 0.204. The second-order valence-electron chi connectivity index (χ2n) is 11.5. The molecule has 6 rings (SSSR count). The van der Waals surface area contributed by atoms with Gasteiger partial charge in [0.2, 0.25) is 5.91 Å². The van der Waals surface area contributed by atoms with E-state index in [4.69, 9.17) is 4.74 Å². The molecule has 4 bridgehead atoms. The van der Waals surface area contributed by atoms with Crippen LogP contribution < -0.4 is 15.4 Å². The lowest BCUT2D eigenvalue weighted by Crippen LogP contribution is -2.35. The van der Waals surface area contributed by atoms with Crippen LogP contribution in [-0.4, -0.2) is 45.1 Å². The molecule has 10 heteroatoms. The van der Waals surface area contributed by atoms with E-state index in [1.807, 2.05) is 45.2 Å². The molecular weight excluding hydrogens is 606 g/mol. The third-order valence-electron chi connectivity index (χ3n) is 8.50. The molecular formula is C36H40F2N4O3S. The molecule has 3 unspecified atom stereocenters. The van der Waals surface area contributed by atoms with Gasteiger partial charge in [-0.05, 0) is 56.2 Å². The molecule has 3 heterocycles. The average molecular weight is 647 g/mol. The monoisotopic (exact) mass is 646 g/mol. The number of nitrogens with one attached hydrogen (secondary N) is 3. The third kappa shape index (κ3) is 6.72. The van der Waals surface area contributed by atoms with Crippen LogP contribution in [0, 0.1) is 18.6 Å². The van der Waals surface area contributed by atoms with Crippen LogP contribution in [0.1, 0.15) is 55.6 Å². The van der Waals surface area contributed by atoms with Crippen LogP contribution in [0.15, 0.2) is 78.8 Å². The van der Waals surface area contributed by atoms with Gasteiger partial charge in [-0.3, -0.25) is 9.00 Å². The molecule has 0 radical (unpaired) electrons. The zero-order valence-corrected chi connectivity index (χ0v) is 27.6. The zero-order chi connectivity index (χ0) is 33.0. The number of H-pyrrole nitrogens is 1. The number of rotatable bonds is 1. The number of aryl methyl sites for hydroxylation is 1. The Balaban J connectivity index is 0.00000204. The molecule has 0 spiro atoms. The number of hydrogen-bond acceptors (Lipinski definition) is 5. The Kier molecular flexibility index (Phi) is 9.96. The van der Waals surface area contributed by atoms with E-state index in [9.17, 15) is 9.00 Å². The Morgan fingerprint density at radius 2 is 1.83 bits per heavy atom. The molecule has 1 aromatic heterocycles. The van der Waals surface area contributed by atoms with Gasteiger partial charge in [-0.25, -0.2) is 8.78 Å². The molecule has 1 amide bonds. The van der Waals surface area contributed by atoms with Gasteiger partial charge in [0, 0.05) is 93.6 Å². The van der Waals surface area contributed by atoms with Gasteiger partial charge in [-0.2, -0.15) is 0 Å². The van der Waals surface area contributed by atoms with Crippen LogP contribution in [0.25, 0.3) is 17.0 Å². The molecule has 3 aromatic carbocycles. The average Bonchev–Trinajstić information content (AvgIpc) is 3.74. The number of ether oxygens (including phenoxy) is 1. The summed E-state index contributed by atoms with van der Waals surface area (Å²) in [5, 5.41) is 7.38. The van der Waals surface area contributed by atoms with Crippen molar-refractivity contribution in [1.29, 1.82) is 0 Å². The van der Waals surface area contributed by atoms with Crippen molar-refractivity contribution in [3.8, 4) is 11.5 Å². The van der Waals surface area contributed by atoms with Crippen LogP contribution in [0.5, 0.6) is 11.5 Å². The van der Waals surface area contributed by atoms with Crippen molar-refractivity contribution in [3.05, 3.63) is 113 Å². The van der Waals surface area contributed by atoms with Gasteiger partial charge in [-0.1, -0.05) is 43.7 Å². The third-order valence-corrected chi connectivity index (χ3v) is 9.79. The number of amides is 1. The number of allylic oxidation sites excluding steroid dienone is 1. The summed E-state index contributed by atoms with van der Waals surface area (Å²) >= 11 is 0. The highest BCUT2D eigenvalue weighted by Gasteiger charge is 2.36. The summed E-state index contributed by atoms with van der Waals surface area (Å²) in [6.45, 7) is 8.40. The predicted octanol–water partition coefficient (Wildman–Crippen LogP) is 7.19. The molecule has 0 aliphatic carbocycles. The number of aromatic amines is 1. The number of aromatic nitrogens is 1. The van der Waals surface area contributed by atoms with E-state index in [-0.39, 0.29) is 17.4 Å². The lowest BCUT2D eigenvalue weighted by molar-refractivity contribution is -0.124. The first kappa shape index (κ1) is 32.9. The maximum absolute atomic E-state index is 15.5. The number of carbonyl (C=O) groups excluding carboxylic acids is 1. The van der Waals surface area contributed by atoms with Gasteiger partial charge in [0.05, 0.1) is 0 Å². The Morgan fingerprint density at radius 3 is 2.61 bits per heavy atom. The van der Waals surface area contributed by atoms with Crippen molar-refractivity contribution in [2.24, 2.45) is 0 Å². The summed E-state index contributed by atoms with van der Waals surface area (Å²) in [5.41, 5.74) is 3.60. The summed E-state index contributed by atoms with van der Waals surface area (Å²) in [4.78, 5) is 17.5. The maximum Gasteiger partial charge on any atom is 0.246 e. The maximum atomic E-state index is 15.5. The van der Waals surface area contributed by atoms with Crippen LogP contribution in [0.3, 0.4) is 0 Å². The Bertz CT molecular complexity index is 1840. The van der Waals surface area contributed by atoms with Crippen LogP contribution >= 0.6 is 0 Å². The molecule has 0 fully saturated rings. The van der Waals surface area contributed by atoms with E-state index in [0.717, 1.165) is 16.8 Å². The number of halogens is 2. The highest BCUT2D eigenvalue weighted by molar-refractivity contribution is 7.85. The summed E-state index contributed by atoms with van der Waals surface area (Å²) in [5.74, 6) is -0.550. The predicted molar refractivity (Wildman–Crippen MR) is 181 cm³/mol. The first-order valence-corrected chi connectivity index (χ1v) is 17.0. The van der Waals surface area contributed by atoms with Crippen LogP contribution in [0.2, 0.25) is 0 Å². The second kappa shape index (κ2) is 13.9. The second-order valence-corrected chi connectivity index (χ2v) is 13.2. The van der Waals surface area contributed by atoms with E-state index >= 15 is 8.78 Å². The van der Waals surface area contributed by atoms with E-state index in [1.54, 1.807) is 19.3 Å². The minimum Gasteiger partial charge on any atom is -0.454 e. The van der Waals surface area contributed by atoms with Gasteiger partial charge in [0.25, 0.3) is 0 Å². The molecule has 2 aliphatic rings. The Morgan fingerprint density at radius 1 is 1.02 bits per heavy atom. The molecule has 4 aromatic rings. The molecule has 0 saturated carbocycles. The van der Waals surface area contributed by atoms with E-state index in [1.165, 1.54) is 41.3 Å². The minimum absolute atomic E-state index is 0.0847. The lowest BCUT2D eigenvalue weighted by Gasteiger charge is -2.33. The largest absolute Gasteiger partial charge is 0.454 e. The van der Waals surface area contributed by atoms with E-state index in [0.29, 0.717) is 46.5 Å². The number of nitrogens with zero attached hydrogens (tertiary/aromatic N) is 1. The van der Waals surface area contributed by atoms with Crippen LogP contribution in [-0.2, 0) is 21.0 Å². The first-order valence-electron chi connectivity index (χ1n) is 15.5. The van der Waals surface area contributed by atoms with Crippen molar-refractivity contribution >= 4 is 33.7 Å². The van der Waals surface area contributed by atoms with Gasteiger partial charge in [0.1, 0.15) is 17.7 Å². The smallest absolute Gasteiger partial charge is 0.246 e. The fourth-order valence-corrected chi connectivity index (χ4v) is 7.06. The van der Waals surface area contributed by atoms with Crippen LogP contribution in [0.4, 0.5) is 8.78 Å². The Labute approximate surface area is 271 Å². The molecule has 242 valence electrons. The SMILES string of the molecule is CC.Cc1cccc(C2(C)CCS(=O)CCN(C)C(=O)/C=C/c3c(c(F)cc4[nH]ccc34)Oc3ccc(F)c(c3)C3NC=C2N3)c1. The summed E-state index contributed by atoms with van der Waals surface area (Å²) in [6, 6.07) is 15.5. The molecule has 0 saturated heterocycles. The highest BCUT2D eigenvalue weighted by atomic mass is 32.2. The van der Waals surface area contributed by atoms with Gasteiger partial charge in [-0.15, -0.1) is 0 Å². The minimum atomic E-state index is -1.21. The van der Waals surface area contributed by atoms with Crippen molar-refractivity contribution in [2.45, 2.75) is 45.7 Å². The fourth-order valence-electron chi connectivity index (χ4n) is 5.74. The van der Waals surface area contributed by atoms with Crippen molar-refractivity contribution in [1.82, 2.24) is 20.5 Å². The lowest BCUT2D eigenvalue weighted by atomic mass is 9.77. The number of carbonyl (C=O) groups is 1. The molecule has 2 aliphatic heterocycles. The normalized spacial score (nSPS) is 22.5. The summed E-state index contributed by atoms with van der Waals surface area (Å²) in [6.07, 6.45) is 6.34. The zero-order valence-electron chi connectivity index (χ0n) is 26.7. The summed E-state index contributed by atoms with van der Waals surface area (Å²) in [7, 11) is 0.440. The number of fused-ring (bicyclic) bond motifs is 8. The standard InChI is InChI=1S/C34H34F2N4O3S.C2H6/c1-21-5-4-6-22(17-21)34(2)12-15-44(42)16-14-40(3)31(41)10-8-25-24-11-13-37-29(24)19-28(36)32(25)43-23-7-9-27(35)26(18-23)33-38-20-30(34)39-33;1-2/h4-11,13,17-20,33,37-39H,12,14-16H2,1-3H3;1-2H3/b10-8+;. The number of likely N-dealkylation sites (N-methyl/N-ethyl adjacent to an activating group) is 1. The molecule has 3 atom stereocenters. The number of hydrogen-bond donors (Lipinski definition) is 3. The van der Waals surface area contributed by atoms with Gasteiger partial charge < -0.3 is 25.3 Å². The highest BCUT2D eigenvalue weighted by Crippen LogP contribution is 2.40. The van der Waals surface area contributed by atoms with E-state index in [2.05, 4.69) is 28.6 Å². The molecule has 3 N–H and O–H groups in total. The fraction of sp³-hybridized carbons (Fsp3) is 0.306. The Hall–Kier alpha value is -4.44. The first-order chi connectivity index (χ1) is 22.1. The summed E-state index contributed by atoms with van der Waals surface area (Å²) < 4.78 is 50.1. The van der Waals surface area contributed by atoms with Crippen molar-refractivity contribution in [2.75, 3.05) is 25.1 Å².